The molecule has 0 saturated carbocycles. The topological polar surface area (TPSA) is 54.9 Å². The highest BCUT2D eigenvalue weighted by Gasteiger charge is 2.05. The largest absolute Gasteiger partial charge is 0.497 e. The molecule has 1 atom stereocenters. The molecule has 0 aliphatic rings. The minimum Gasteiger partial charge on any atom is -0.497 e. The van der Waals surface area contributed by atoms with Crippen molar-refractivity contribution in [3.63, 3.8) is 0 Å². The average molecular weight is 355 g/mol. The number of rotatable bonds is 9. The van der Waals surface area contributed by atoms with Gasteiger partial charge in [-0.3, -0.25) is 4.99 Å². The molecule has 0 radical (unpaired) electrons. The quantitative estimate of drug-likeness (QED) is 0.536. The lowest BCUT2D eigenvalue weighted by Crippen LogP contribution is -2.39. The Labute approximate surface area is 156 Å². The maximum absolute atomic E-state index is 5.79. The molecule has 0 spiro atoms. The van der Waals surface area contributed by atoms with E-state index in [0.29, 0.717) is 25.7 Å². The van der Waals surface area contributed by atoms with E-state index in [4.69, 9.17) is 9.47 Å². The van der Waals surface area contributed by atoms with Gasteiger partial charge >= 0.3 is 0 Å². The van der Waals surface area contributed by atoms with Crippen molar-refractivity contribution in [1.82, 2.24) is 10.6 Å². The Morgan fingerprint density at radius 2 is 1.81 bits per heavy atom. The maximum atomic E-state index is 5.79. The summed E-state index contributed by atoms with van der Waals surface area (Å²) in [5, 5.41) is 6.66. The molecule has 0 amide bonds. The smallest absolute Gasteiger partial charge is 0.191 e. The number of hydrogen-bond acceptors (Lipinski definition) is 3. The first-order chi connectivity index (χ1) is 12.7. The number of guanidine groups is 1. The second kappa shape index (κ2) is 11.2. The number of nitrogens with one attached hydrogen (secondary N) is 2. The second-order valence-corrected chi connectivity index (χ2v) is 6.26. The van der Waals surface area contributed by atoms with Gasteiger partial charge in [0.05, 0.1) is 20.3 Å². The summed E-state index contributed by atoms with van der Waals surface area (Å²) in [5.74, 6) is 2.02. The van der Waals surface area contributed by atoms with Crippen LogP contribution in [0.15, 0.2) is 59.6 Å². The number of hydrogen-bond donors (Lipinski definition) is 2. The van der Waals surface area contributed by atoms with Gasteiger partial charge in [0.15, 0.2) is 5.96 Å². The lowest BCUT2D eigenvalue weighted by molar-refractivity contribution is 0.0931. The van der Waals surface area contributed by atoms with E-state index >= 15 is 0 Å². The summed E-state index contributed by atoms with van der Waals surface area (Å²) >= 11 is 0. The third-order valence-corrected chi connectivity index (χ3v) is 3.95. The van der Waals surface area contributed by atoms with Crippen LogP contribution >= 0.6 is 0 Å². The van der Waals surface area contributed by atoms with Gasteiger partial charge in [-0.25, -0.2) is 0 Å². The van der Waals surface area contributed by atoms with Crippen LogP contribution in [-0.2, 0) is 17.9 Å². The van der Waals surface area contributed by atoms with Crippen molar-refractivity contribution >= 4 is 5.96 Å². The molecule has 5 nitrogen and oxygen atoms in total. The van der Waals surface area contributed by atoms with Crippen LogP contribution in [0.2, 0.25) is 0 Å². The summed E-state index contributed by atoms with van der Waals surface area (Å²) in [6.45, 7) is 5.00. The molecular weight excluding hydrogens is 326 g/mol. The number of benzene rings is 2. The summed E-state index contributed by atoms with van der Waals surface area (Å²) in [7, 11) is 3.45. The zero-order valence-electron chi connectivity index (χ0n) is 15.9. The normalized spacial score (nSPS) is 12.5. The molecule has 2 aromatic rings. The first-order valence-electron chi connectivity index (χ1n) is 8.90. The highest BCUT2D eigenvalue weighted by Crippen LogP contribution is 2.12. The summed E-state index contributed by atoms with van der Waals surface area (Å²) in [4.78, 5) is 4.27. The van der Waals surface area contributed by atoms with Gasteiger partial charge in [-0.15, -0.1) is 0 Å². The van der Waals surface area contributed by atoms with E-state index in [2.05, 4.69) is 40.7 Å². The fourth-order valence-corrected chi connectivity index (χ4v) is 2.47. The van der Waals surface area contributed by atoms with E-state index in [0.717, 1.165) is 23.8 Å². The summed E-state index contributed by atoms with van der Waals surface area (Å²) < 4.78 is 11.0. The van der Waals surface area contributed by atoms with Crippen LogP contribution < -0.4 is 15.4 Å². The van der Waals surface area contributed by atoms with Gasteiger partial charge < -0.3 is 20.1 Å². The molecule has 0 bridgehead atoms. The number of nitrogens with zero attached hydrogens (tertiary/aromatic N) is 1. The first kappa shape index (κ1) is 19.8. The van der Waals surface area contributed by atoms with Crippen molar-refractivity contribution < 1.29 is 9.47 Å². The van der Waals surface area contributed by atoms with Crippen molar-refractivity contribution in [2.45, 2.75) is 20.1 Å². The Bertz CT molecular complexity index is 674. The monoisotopic (exact) mass is 355 g/mol. The van der Waals surface area contributed by atoms with Crippen LogP contribution in [-0.4, -0.2) is 33.3 Å². The fraction of sp³-hybridized carbons (Fsp3) is 0.381. The standard InChI is InChI=1S/C21H29N3O2/c1-17(15-26-16-18-8-5-4-6-9-18)13-23-21(22-2)24-14-19-10-7-11-20(12-19)25-3/h4-12,17H,13-16H2,1-3H3,(H2,22,23,24). The van der Waals surface area contributed by atoms with E-state index in [1.165, 1.54) is 5.56 Å². The predicted molar refractivity (Wildman–Crippen MR) is 106 cm³/mol. The average Bonchev–Trinajstić information content (AvgIpc) is 2.69. The van der Waals surface area contributed by atoms with Gasteiger partial charge in [-0.1, -0.05) is 49.4 Å². The maximum Gasteiger partial charge on any atom is 0.191 e. The Kier molecular flexibility index (Phi) is 8.49. The molecular formula is C21H29N3O2. The number of methoxy groups -OCH3 is 1. The molecule has 5 heteroatoms. The summed E-state index contributed by atoms with van der Waals surface area (Å²) in [6, 6.07) is 18.2. The van der Waals surface area contributed by atoms with Gasteiger partial charge in [0.1, 0.15) is 5.75 Å². The second-order valence-electron chi connectivity index (χ2n) is 6.26. The molecule has 0 heterocycles. The molecule has 0 aliphatic carbocycles. The third kappa shape index (κ3) is 7.15. The van der Waals surface area contributed by atoms with Gasteiger partial charge in [-0.05, 0) is 29.2 Å². The van der Waals surface area contributed by atoms with E-state index in [1.807, 2.05) is 36.4 Å². The SMILES string of the molecule is CN=C(NCc1cccc(OC)c1)NCC(C)COCc1ccccc1. The molecule has 2 N–H and O–H groups in total. The van der Waals surface area contributed by atoms with E-state index in [9.17, 15) is 0 Å². The molecule has 0 aromatic heterocycles. The van der Waals surface area contributed by atoms with Crippen molar-refractivity contribution in [1.29, 1.82) is 0 Å². The van der Waals surface area contributed by atoms with Crippen molar-refractivity contribution in [2.75, 3.05) is 27.3 Å². The zero-order chi connectivity index (χ0) is 18.6. The van der Waals surface area contributed by atoms with Crippen LogP contribution in [0.1, 0.15) is 18.1 Å². The minimum atomic E-state index is 0.383. The van der Waals surface area contributed by atoms with Gasteiger partial charge in [0.25, 0.3) is 0 Å². The van der Waals surface area contributed by atoms with E-state index in [1.54, 1.807) is 14.2 Å². The molecule has 26 heavy (non-hydrogen) atoms. The van der Waals surface area contributed by atoms with Gasteiger partial charge in [0, 0.05) is 20.1 Å². The van der Waals surface area contributed by atoms with Crippen molar-refractivity contribution in [3.05, 3.63) is 65.7 Å². The molecule has 0 fully saturated rings. The summed E-state index contributed by atoms with van der Waals surface area (Å²) in [6.07, 6.45) is 0. The lowest BCUT2D eigenvalue weighted by Gasteiger charge is -2.16. The highest BCUT2D eigenvalue weighted by atomic mass is 16.5. The predicted octanol–water partition coefficient (Wildman–Crippen LogP) is 3.21. The fourth-order valence-electron chi connectivity index (χ4n) is 2.47. The molecule has 0 saturated heterocycles. The van der Waals surface area contributed by atoms with Gasteiger partial charge in [-0.2, -0.15) is 0 Å². The zero-order valence-corrected chi connectivity index (χ0v) is 15.9. The third-order valence-electron chi connectivity index (χ3n) is 3.95. The molecule has 1 unspecified atom stereocenters. The van der Waals surface area contributed by atoms with Crippen molar-refractivity contribution in [2.24, 2.45) is 10.9 Å². The Hall–Kier alpha value is -2.53. The number of ether oxygens (including phenoxy) is 2. The molecule has 140 valence electrons. The Morgan fingerprint density at radius 1 is 1.04 bits per heavy atom. The van der Waals surface area contributed by atoms with E-state index in [-0.39, 0.29) is 0 Å². The Balaban J connectivity index is 1.67. The number of aliphatic imine (C=N–C) groups is 1. The molecule has 2 rings (SSSR count). The molecule has 0 aliphatic heterocycles. The van der Waals surface area contributed by atoms with Crippen LogP contribution in [0.3, 0.4) is 0 Å². The summed E-state index contributed by atoms with van der Waals surface area (Å²) in [5.41, 5.74) is 2.34. The van der Waals surface area contributed by atoms with Crippen molar-refractivity contribution in [3.8, 4) is 5.75 Å². The van der Waals surface area contributed by atoms with Crippen LogP contribution in [0.25, 0.3) is 0 Å². The molecule has 2 aromatic carbocycles. The Morgan fingerprint density at radius 3 is 2.54 bits per heavy atom. The minimum absolute atomic E-state index is 0.383. The van der Waals surface area contributed by atoms with E-state index < -0.39 is 0 Å². The van der Waals surface area contributed by atoms with Gasteiger partial charge in [0.2, 0.25) is 0 Å². The van der Waals surface area contributed by atoms with Crippen LogP contribution in [0.4, 0.5) is 0 Å². The van der Waals surface area contributed by atoms with Crippen LogP contribution in [0.5, 0.6) is 5.75 Å². The lowest BCUT2D eigenvalue weighted by atomic mass is 10.2. The first-order valence-corrected chi connectivity index (χ1v) is 8.90. The highest BCUT2D eigenvalue weighted by molar-refractivity contribution is 5.79. The van der Waals surface area contributed by atoms with Crippen LogP contribution in [0, 0.1) is 5.92 Å².